The smallest absolute Gasteiger partial charge is 0.251 e. The molecule has 0 amide bonds. The number of nitrogens with zero attached hydrogens (tertiary/aromatic N) is 2. The summed E-state index contributed by atoms with van der Waals surface area (Å²) in [4.78, 5) is 12.7. The molecule has 2 aromatic heterocycles. The van der Waals surface area contributed by atoms with Crippen LogP contribution < -0.4 is 4.73 Å². The Balaban J connectivity index is 1.86. The second kappa shape index (κ2) is 7.74. The molecule has 0 saturated heterocycles. The minimum Gasteiger partial charge on any atom is -0.618 e. The second-order valence-corrected chi connectivity index (χ2v) is 7.61. The Labute approximate surface area is 165 Å². The maximum atomic E-state index is 12.7. The van der Waals surface area contributed by atoms with Gasteiger partial charge in [-0.1, -0.05) is 23.2 Å². The molecule has 3 aromatic rings. The van der Waals surface area contributed by atoms with Crippen LogP contribution >= 0.6 is 35.0 Å². The molecule has 26 heavy (non-hydrogen) atoms. The van der Waals surface area contributed by atoms with Crippen molar-refractivity contribution in [3.63, 3.8) is 0 Å². The van der Waals surface area contributed by atoms with Crippen molar-refractivity contribution in [1.29, 1.82) is 0 Å². The number of aryl methyl sites for hydroxylation is 1. The molecule has 0 bridgehead atoms. The molecule has 0 unspecified atom stereocenters. The molecule has 0 fully saturated rings. The van der Waals surface area contributed by atoms with Crippen LogP contribution in [0.3, 0.4) is 0 Å². The fourth-order valence-corrected chi connectivity index (χ4v) is 3.90. The number of aromatic nitrogens is 2. The highest BCUT2D eigenvalue weighted by Gasteiger charge is 2.18. The standard InChI is InChI=1S/C19H16Cl2N2O2S/c1-12-9-15(18(24)11-26-19-5-3-4-8-22(19)25)13(2)23(12)14-6-7-16(20)17(21)10-14/h3-10H,11H2,1-2H3. The van der Waals surface area contributed by atoms with Gasteiger partial charge in [0.1, 0.15) is 0 Å². The van der Waals surface area contributed by atoms with Crippen molar-refractivity contribution in [1.82, 2.24) is 4.57 Å². The number of benzene rings is 1. The Hall–Kier alpha value is -1.95. The van der Waals surface area contributed by atoms with E-state index in [2.05, 4.69) is 0 Å². The van der Waals surface area contributed by atoms with Crippen molar-refractivity contribution in [2.24, 2.45) is 0 Å². The van der Waals surface area contributed by atoms with Gasteiger partial charge in [0.05, 0.1) is 15.8 Å². The van der Waals surface area contributed by atoms with E-state index in [9.17, 15) is 10.0 Å². The Morgan fingerprint density at radius 1 is 1.15 bits per heavy atom. The quantitative estimate of drug-likeness (QED) is 0.259. The lowest BCUT2D eigenvalue weighted by Crippen LogP contribution is -2.28. The zero-order valence-corrected chi connectivity index (χ0v) is 16.5. The molecular formula is C19H16Cl2N2O2S. The topological polar surface area (TPSA) is 48.9 Å². The van der Waals surface area contributed by atoms with Gasteiger partial charge in [-0.3, -0.25) is 4.79 Å². The highest BCUT2D eigenvalue weighted by atomic mass is 35.5. The van der Waals surface area contributed by atoms with Crippen LogP contribution in [0.25, 0.3) is 5.69 Å². The van der Waals surface area contributed by atoms with Gasteiger partial charge in [-0.15, -0.1) is 0 Å². The molecule has 0 radical (unpaired) electrons. The van der Waals surface area contributed by atoms with Gasteiger partial charge in [-0.25, -0.2) is 0 Å². The number of carbonyl (C=O) groups excluding carboxylic acids is 1. The van der Waals surface area contributed by atoms with Crippen LogP contribution in [0.4, 0.5) is 0 Å². The SMILES string of the molecule is Cc1cc(C(=O)CSc2cccc[n+]2[O-])c(C)n1-c1ccc(Cl)c(Cl)c1. The minimum atomic E-state index is -0.0294. The molecule has 7 heteroatoms. The Morgan fingerprint density at radius 3 is 2.62 bits per heavy atom. The van der Waals surface area contributed by atoms with E-state index in [0.29, 0.717) is 20.6 Å². The molecule has 1 aromatic carbocycles. The van der Waals surface area contributed by atoms with E-state index in [1.807, 2.05) is 30.5 Å². The maximum Gasteiger partial charge on any atom is 0.251 e. The highest BCUT2D eigenvalue weighted by molar-refractivity contribution is 7.99. The fraction of sp³-hybridized carbons (Fsp3) is 0.158. The molecular weight excluding hydrogens is 391 g/mol. The fourth-order valence-electron chi connectivity index (χ4n) is 2.81. The van der Waals surface area contributed by atoms with Crippen LogP contribution in [0, 0.1) is 19.1 Å². The first kappa shape index (κ1) is 18.8. The summed E-state index contributed by atoms with van der Waals surface area (Å²) in [5.41, 5.74) is 3.23. The van der Waals surface area contributed by atoms with Crippen molar-refractivity contribution in [3.8, 4) is 5.69 Å². The molecule has 3 rings (SSSR count). The van der Waals surface area contributed by atoms with Crippen molar-refractivity contribution < 1.29 is 9.52 Å². The lowest BCUT2D eigenvalue weighted by molar-refractivity contribution is -0.645. The molecule has 0 saturated carbocycles. The third-order valence-electron chi connectivity index (χ3n) is 4.03. The van der Waals surface area contributed by atoms with Gasteiger partial charge >= 0.3 is 0 Å². The van der Waals surface area contributed by atoms with E-state index in [0.717, 1.165) is 21.8 Å². The summed E-state index contributed by atoms with van der Waals surface area (Å²) in [6, 6.07) is 12.4. The number of pyridine rings is 1. The third kappa shape index (κ3) is 3.75. The summed E-state index contributed by atoms with van der Waals surface area (Å²) >= 11 is 13.3. The summed E-state index contributed by atoms with van der Waals surface area (Å²) < 4.78 is 2.73. The van der Waals surface area contributed by atoms with Crippen molar-refractivity contribution in [2.45, 2.75) is 18.9 Å². The Bertz CT molecular complexity index is 986. The number of ketones is 1. The second-order valence-electron chi connectivity index (χ2n) is 5.80. The Morgan fingerprint density at radius 2 is 1.92 bits per heavy atom. The zero-order chi connectivity index (χ0) is 18.8. The molecule has 134 valence electrons. The van der Waals surface area contributed by atoms with Gasteiger partial charge in [0.2, 0.25) is 0 Å². The van der Waals surface area contributed by atoms with E-state index >= 15 is 0 Å². The van der Waals surface area contributed by atoms with E-state index in [-0.39, 0.29) is 11.5 Å². The van der Waals surface area contributed by atoms with Crippen LogP contribution in [-0.4, -0.2) is 16.1 Å². The van der Waals surface area contributed by atoms with Crippen molar-refractivity contribution in [2.75, 3.05) is 5.75 Å². The molecule has 2 heterocycles. The number of hydrogen-bond donors (Lipinski definition) is 0. The van der Waals surface area contributed by atoms with E-state index in [4.69, 9.17) is 23.2 Å². The van der Waals surface area contributed by atoms with E-state index < -0.39 is 0 Å². The zero-order valence-electron chi connectivity index (χ0n) is 14.2. The number of rotatable bonds is 5. The largest absolute Gasteiger partial charge is 0.618 e. The van der Waals surface area contributed by atoms with Gasteiger partial charge in [0, 0.05) is 34.8 Å². The van der Waals surface area contributed by atoms with Crippen LogP contribution in [-0.2, 0) is 0 Å². The van der Waals surface area contributed by atoms with Crippen LogP contribution in [0.5, 0.6) is 0 Å². The van der Waals surface area contributed by atoms with Gasteiger partial charge in [0.15, 0.2) is 12.0 Å². The maximum absolute atomic E-state index is 12.7. The van der Waals surface area contributed by atoms with Crippen LogP contribution in [0.15, 0.2) is 53.7 Å². The average Bonchev–Trinajstić information content (AvgIpc) is 2.91. The summed E-state index contributed by atoms with van der Waals surface area (Å²) in [6.07, 6.45) is 1.42. The molecule has 4 nitrogen and oxygen atoms in total. The Kier molecular flexibility index (Phi) is 5.61. The molecule has 0 aliphatic rings. The average molecular weight is 407 g/mol. The van der Waals surface area contributed by atoms with Crippen LogP contribution in [0.1, 0.15) is 21.7 Å². The lowest BCUT2D eigenvalue weighted by atomic mass is 10.2. The normalized spacial score (nSPS) is 10.9. The number of carbonyl (C=O) groups is 1. The summed E-state index contributed by atoms with van der Waals surface area (Å²) in [5, 5.41) is 13.1. The van der Waals surface area contributed by atoms with Gasteiger partial charge < -0.3 is 9.77 Å². The van der Waals surface area contributed by atoms with Crippen molar-refractivity contribution >= 4 is 40.7 Å². The number of thioether (sulfide) groups is 1. The predicted octanol–water partition coefficient (Wildman–Crippen LogP) is 5.01. The first-order valence-electron chi connectivity index (χ1n) is 7.87. The van der Waals surface area contributed by atoms with Crippen LogP contribution in [0.2, 0.25) is 10.0 Å². The van der Waals surface area contributed by atoms with E-state index in [1.165, 1.54) is 18.0 Å². The summed E-state index contributed by atoms with van der Waals surface area (Å²) in [7, 11) is 0. The highest BCUT2D eigenvalue weighted by Crippen LogP contribution is 2.28. The monoisotopic (exact) mass is 406 g/mol. The van der Waals surface area contributed by atoms with E-state index in [1.54, 1.807) is 30.3 Å². The molecule has 0 spiro atoms. The van der Waals surface area contributed by atoms with Gasteiger partial charge in [-0.2, -0.15) is 4.73 Å². The predicted molar refractivity (Wildman–Crippen MR) is 106 cm³/mol. The number of Topliss-reactive ketones (excluding diaryl/α,β-unsaturated/α-hetero) is 1. The first-order chi connectivity index (χ1) is 12.4. The molecule has 0 aliphatic carbocycles. The molecule has 0 aliphatic heterocycles. The van der Waals surface area contributed by atoms with Gasteiger partial charge in [-0.05, 0) is 55.9 Å². The molecule has 0 N–H and O–H groups in total. The third-order valence-corrected chi connectivity index (χ3v) is 5.79. The number of halogens is 2. The lowest BCUT2D eigenvalue weighted by Gasteiger charge is -2.11. The van der Waals surface area contributed by atoms with Crippen molar-refractivity contribution in [3.05, 3.63) is 80.9 Å². The minimum absolute atomic E-state index is 0.0294. The first-order valence-corrected chi connectivity index (χ1v) is 9.61. The molecule has 0 atom stereocenters. The summed E-state index contributed by atoms with van der Waals surface area (Å²) in [6.45, 7) is 3.83. The number of hydrogen-bond acceptors (Lipinski definition) is 3. The summed E-state index contributed by atoms with van der Waals surface area (Å²) in [5.74, 6) is 0.163. The van der Waals surface area contributed by atoms with Gasteiger partial charge in [0.25, 0.3) is 5.03 Å².